The van der Waals surface area contributed by atoms with Crippen LogP contribution in [0.2, 0.25) is 5.02 Å². The maximum Gasteiger partial charge on any atom is 0.325 e. The molecule has 10 heteroatoms. The fourth-order valence-electron chi connectivity index (χ4n) is 2.65. The number of rotatable bonds is 8. The van der Waals surface area contributed by atoms with Crippen LogP contribution in [0.15, 0.2) is 36.5 Å². The minimum absolute atomic E-state index is 0.108. The highest BCUT2D eigenvalue weighted by atomic mass is 35.5. The highest BCUT2D eigenvalue weighted by molar-refractivity contribution is 7.80. The molecule has 2 aromatic rings. The van der Waals surface area contributed by atoms with E-state index in [1.807, 2.05) is 6.92 Å². The summed E-state index contributed by atoms with van der Waals surface area (Å²) in [7, 11) is 1.44. The summed E-state index contributed by atoms with van der Waals surface area (Å²) in [5, 5.41) is 12.1. The van der Waals surface area contributed by atoms with Gasteiger partial charge in [-0.15, -0.1) is 0 Å². The van der Waals surface area contributed by atoms with Gasteiger partial charge in [-0.05, 0) is 43.5 Å². The van der Waals surface area contributed by atoms with Crippen LogP contribution in [0.25, 0.3) is 0 Å². The number of hydrogen-bond donors (Lipinski definition) is 2. The summed E-state index contributed by atoms with van der Waals surface area (Å²) in [6.07, 6.45) is 2.08. The van der Waals surface area contributed by atoms with E-state index in [9.17, 15) is 9.59 Å². The van der Waals surface area contributed by atoms with E-state index >= 15 is 0 Å². The van der Waals surface area contributed by atoms with Gasteiger partial charge in [0.05, 0.1) is 13.2 Å². The van der Waals surface area contributed by atoms with Crippen molar-refractivity contribution in [2.24, 2.45) is 5.92 Å². The summed E-state index contributed by atoms with van der Waals surface area (Å²) >= 11 is 10.7. The van der Waals surface area contributed by atoms with Crippen molar-refractivity contribution in [2.45, 2.75) is 40.2 Å². The van der Waals surface area contributed by atoms with E-state index in [0.29, 0.717) is 16.7 Å². The molecule has 1 heterocycles. The molecule has 1 atom stereocenters. The van der Waals surface area contributed by atoms with Crippen LogP contribution < -0.4 is 14.8 Å². The largest absolute Gasteiger partial charge is 0.508 e. The van der Waals surface area contributed by atoms with Gasteiger partial charge in [0.1, 0.15) is 23.0 Å². The number of phenolic OH excluding ortho intramolecular Hbond substituents is 1. The highest BCUT2D eigenvalue weighted by Gasteiger charge is 2.19. The summed E-state index contributed by atoms with van der Waals surface area (Å²) in [6, 6.07) is 7.91. The summed E-state index contributed by atoms with van der Waals surface area (Å²) in [5.74, 6) is 0.150. The Balaban J connectivity index is 0.000000568. The second kappa shape index (κ2) is 14.3. The Morgan fingerprint density at radius 2 is 1.82 bits per heavy atom. The topological polar surface area (TPSA) is 107 Å². The molecular weight excluding hydrogens is 468 g/mol. The zero-order chi connectivity index (χ0) is 25.0. The first-order valence-corrected chi connectivity index (χ1v) is 11.0. The third kappa shape index (κ3) is 11.0. The third-order valence-corrected chi connectivity index (χ3v) is 4.49. The Bertz CT molecular complexity index is 916. The predicted molar refractivity (Wildman–Crippen MR) is 130 cm³/mol. The second-order valence-corrected chi connectivity index (χ2v) is 8.22. The molecule has 180 valence electrons. The predicted octanol–water partition coefficient (Wildman–Crippen LogP) is 4.30. The van der Waals surface area contributed by atoms with Crippen molar-refractivity contribution in [3.05, 3.63) is 47.2 Å². The first-order chi connectivity index (χ1) is 15.5. The molecule has 0 saturated carbocycles. The molecule has 33 heavy (non-hydrogen) atoms. The lowest BCUT2D eigenvalue weighted by atomic mass is 10.1. The number of aromatic hydroxyl groups is 1. The molecule has 0 bridgehead atoms. The van der Waals surface area contributed by atoms with Gasteiger partial charge in [-0.2, -0.15) is 0 Å². The smallest absolute Gasteiger partial charge is 0.325 e. The second-order valence-electron chi connectivity index (χ2n) is 7.37. The van der Waals surface area contributed by atoms with Crippen LogP contribution in [-0.2, 0) is 14.3 Å². The fraction of sp³-hybridized carbons (Fsp3) is 0.391. The molecule has 1 unspecified atom stereocenters. The lowest BCUT2D eigenvalue weighted by molar-refractivity contribution is -0.147. The molecule has 1 aromatic heterocycles. The highest BCUT2D eigenvalue weighted by Crippen LogP contribution is 2.29. The number of aromatic nitrogens is 1. The third-order valence-electron chi connectivity index (χ3n) is 3.91. The molecule has 0 aliphatic carbocycles. The van der Waals surface area contributed by atoms with Gasteiger partial charge in [-0.25, -0.2) is 4.98 Å². The number of benzene rings is 1. The van der Waals surface area contributed by atoms with Crippen LogP contribution >= 0.6 is 23.8 Å². The monoisotopic (exact) mass is 496 g/mol. The molecule has 2 rings (SSSR count). The zero-order valence-electron chi connectivity index (χ0n) is 19.3. The Labute approximate surface area is 204 Å². The van der Waals surface area contributed by atoms with Crippen molar-refractivity contribution in [2.75, 3.05) is 13.7 Å². The number of ether oxygens (including phenoxy) is 3. The molecular formula is C23H29ClN2O6S. The molecule has 8 nitrogen and oxygen atoms in total. The van der Waals surface area contributed by atoms with E-state index in [4.69, 9.17) is 43.1 Å². The van der Waals surface area contributed by atoms with Crippen molar-refractivity contribution >= 4 is 40.7 Å². The summed E-state index contributed by atoms with van der Waals surface area (Å²) in [5.41, 5.74) is 0.215. The number of esters is 2. The Kier molecular flexibility index (Phi) is 12.2. The number of hydrogen-bond acceptors (Lipinski definition) is 8. The van der Waals surface area contributed by atoms with Crippen molar-refractivity contribution in [1.82, 2.24) is 10.3 Å². The number of pyridine rings is 1. The molecule has 0 spiro atoms. The number of nitrogens with one attached hydrogen (secondary N) is 1. The zero-order valence-corrected chi connectivity index (χ0v) is 20.8. The minimum Gasteiger partial charge on any atom is -0.508 e. The standard InChI is InChI=1S/C17H24N2O5S.C6H5ClO/c1-10(2)8-11(3)23-14(21)9-19-17(25)15-16(24-12(4)20)13(22-5)6-7-18-15;7-5-1-3-6(8)4-2-5/h6-7,10-11H,8-9H2,1-5H3,(H,19,25);1-4,8H. The molecule has 0 fully saturated rings. The minimum atomic E-state index is -0.530. The van der Waals surface area contributed by atoms with E-state index < -0.39 is 11.9 Å². The average molecular weight is 497 g/mol. The normalized spacial score (nSPS) is 11.0. The van der Waals surface area contributed by atoms with E-state index in [-0.39, 0.29) is 34.8 Å². The maximum absolute atomic E-state index is 11.9. The van der Waals surface area contributed by atoms with Crippen LogP contribution in [0.1, 0.15) is 39.8 Å². The van der Waals surface area contributed by atoms with E-state index in [1.54, 1.807) is 30.3 Å². The molecule has 0 aliphatic rings. The first-order valence-electron chi connectivity index (χ1n) is 10.2. The number of carbonyl (C=O) groups excluding carboxylic acids is 2. The molecule has 0 radical (unpaired) electrons. The van der Waals surface area contributed by atoms with E-state index in [0.717, 1.165) is 6.42 Å². The lowest BCUT2D eigenvalue weighted by Gasteiger charge is -2.16. The van der Waals surface area contributed by atoms with Crippen LogP contribution in [0.5, 0.6) is 17.2 Å². The van der Waals surface area contributed by atoms with Crippen LogP contribution in [-0.4, -0.2) is 46.8 Å². The summed E-state index contributed by atoms with van der Waals surface area (Å²) < 4.78 is 15.6. The van der Waals surface area contributed by atoms with Crippen molar-refractivity contribution in [3.8, 4) is 17.2 Å². The fourth-order valence-corrected chi connectivity index (χ4v) is 2.99. The molecule has 0 saturated heterocycles. The number of methoxy groups -OCH3 is 1. The van der Waals surface area contributed by atoms with Crippen LogP contribution in [0.4, 0.5) is 0 Å². The quantitative estimate of drug-likeness (QED) is 0.408. The number of halogens is 1. The van der Waals surface area contributed by atoms with Gasteiger partial charge in [0.2, 0.25) is 5.75 Å². The summed E-state index contributed by atoms with van der Waals surface area (Å²) in [4.78, 5) is 27.4. The average Bonchev–Trinajstić information content (AvgIpc) is 2.73. The summed E-state index contributed by atoms with van der Waals surface area (Å²) in [6.45, 7) is 7.12. The maximum atomic E-state index is 11.9. The first kappa shape index (κ1) is 28.1. The van der Waals surface area contributed by atoms with Gasteiger partial charge in [-0.3, -0.25) is 9.59 Å². The van der Waals surface area contributed by atoms with Crippen molar-refractivity contribution < 1.29 is 28.9 Å². The Morgan fingerprint density at radius 1 is 1.18 bits per heavy atom. The molecule has 1 aromatic carbocycles. The van der Waals surface area contributed by atoms with Crippen molar-refractivity contribution in [3.63, 3.8) is 0 Å². The number of carbonyl (C=O) groups is 2. The number of phenols is 1. The Hall–Kier alpha value is -2.91. The van der Waals surface area contributed by atoms with Gasteiger partial charge < -0.3 is 24.6 Å². The van der Waals surface area contributed by atoms with Crippen molar-refractivity contribution in [1.29, 1.82) is 0 Å². The molecule has 0 amide bonds. The number of nitrogens with zero attached hydrogens (tertiary/aromatic N) is 1. The van der Waals surface area contributed by atoms with Gasteiger partial charge in [0.25, 0.3) is 0 Å². The van der Waals surface area contributed by atoms with Crippen LogP contribution in [0.3, 0.4) is 0 Å². The van der Waals surface area contributed by atoms with Gasteiger partial charge in [0.15, 0.2) is 5.75 Å². The van der Waals surface area contributed by atoms with E-state index in [1.165, 1.54) is 20.2 Å². The SMILES string of the molecule is COc1ccnc(C(=S)NCC(=O)OC(C)CC(C)C)c1OC(C)=O.Oc1ccc(Cl)cc1. The van der Waals surface area contributed by atoms with E-state index in [2.05, 4.69) is 24.1 Å². The lowest BCUT2D eigenvalue weighted by Crippen LogP contribution is -2.32. The van der Waals surface area contributed by atoms with Gasteiger partial charge in [-0.1, -0.05) is 37.7 Å². The van der Waals surface area contributed by atoms with Crippen LogP contribution in [0, 0.1) is 5.92 Å². The Morgan fingerprint density at radius 3 is 2.33 bits per heavy atom. The van der Waals surface area contributed by atoms with Gasteiger partial charge in [0, 0.05) is 24.2 Å². The number of thiocarbonyl (C=S) groups is 1. The van der Waals surface area contributed by atoms with Gasteiger partial charge >= 0.3 is 11.9 Å². The molecule has 2 N–H and O–H groups in total. The molecule has 0 aliphatic heterocycles.